The molecule has 0 radical (unpaired) electrons. The summed E-state index contributed by atoms with van der Waals surface area (Å²) in [4.78, 5) is 0. The molecule has 122 valence electrons. The molecule has 0 aromatic carbocycles. The van der Waals surface area contributed by atoms with Crippen molar-refractivity contribution in [2.45, 2.75) is 65.3 Å². The second-order valence-corrected chi connectivity index (χ2v) is 8.25. The van der Waals surface area contributed by atoms with Crippen LogP contribution in [0.1, 0.15) is 59.8 Å². The molecule has 4 heteroatoms. The molecule has 1 aliphatic carbocycles. The lowest BCUT2D eigenvalue weighted by molar-refractivity contribution is 0.0519. The molecule has 0 heterocycles. The summed E-state index contributed by atoms with van der Waals surface area (Å²) < 4.78 is 18.8. The Hall–Kier alpha value is -0.423. The average molecular weight is 313 g/mol. The van der Waals surface area contributed by atoms with Crippen LogP contribution in [0.5, 0.6) is 0 Å². The van der Waals surface area contributed by atoms with Gasteiger partial charge in [-0.1, -0.05) is 51.5 Å². The molecular weight excluding hydrogens is 280 g/mol. The van der Waals surface area contributed by atoms with Gasteiger partial charge in [0.25, 0.3) is 0 Å². The van der Waals surface area contributed by atoms with Crippen molar-refractivity contribution in [2.75, 3.05) is 19.8 Å². The zero-order valence-electron chi connectivity index (χ0n) is 14.2. The highest BCUT2D eigenvalue weighted by Gasteiger charge is 2.50. The zero-order valence-corrected chi connectivity index (χ0v) is 15.2. The number of allylic oxidation sites excluding steroid dienone is 4. The summed E-state index contributed by atoms with van der Waals surface area (Å²) in [6, 6.07) is 0. The van der Waals surface area contributed by atoms with Gasteiger partial charge in [-0.2, -0.15) is 0 Å². The van der Waals surface area contributed by atoms with Crippen LogP contribution in [-0.2, 0) is 13.3 Å². The molecule has 1 atom stereocenters. The Bertz CT molecular complexity index is 317. The smallest absolute Gasteiger partial charge is 0.373 e. The van der Waals surface area contributed by atoms with Crippen molar-refractivity contribution in [3.05, 3.63) is 23.8 Å². The number of hydrogen-bond acceptors (Lipinski definition) is 3. The van der Waals surface area contributed by atoms with Gasteiger partial charge >= 0.3 is 8.80 Å². The molecule has 1 aliphatic rings. The van der Waals surface area contributed by atoms with E-state index < -0.39 is 8.80 Å². The van der Waals surface area contributed by atoms with Gasteiger partial charge in [-0.05, 0) is 32.1 Å². The van der Waals surface area contributed by atoms with Gasteiger partial charge < -0.3 is 13.3 Å². The Morgan fingerprint density at radius 3 is 1.81 bits per heavy atom. The lowest BCUT2D eigenvalue weighted by Crippen LogP contribution is -2.51. The molecule has 1 unspecified atom stereocenters. The van der Waals surface area contributed by atoms with Crippen molar-refractivity contribution in [3.63, 3.8) is 0 Å². The van der Waals surface area contributed by atoms with Crippen LogP contribution in [0.15, 0.2) is 23.8 Å². The second-order valence-electron chi connectivity index (χ2n) is 5.48. The molecule has 0 saturated carbocycles. The van der Waals surface area contributed by atoms with Crippen LogP contribution < -0.4 is 0 Å². The molecule has 0 fully saturated rings. The van der Waals surface area contributed by atoms with E-state index in [2.05, 4.69) is 45.9 Å². The summed E-state index contributed by atoms with van der Waals surface area (Å²) in [5.74, 6) is 0. The van der Waals surface area contributed by atoms with E-state index in [0.717, 1.165) is 51.9 Å². The van der Waals surface area contributed by atoms with E-state index in [4.69, 9.17) is 13.3 Å². The van der Waals surface area contributed by atoms with Crippen LogP contribution in [0.25, 0.3) is 0 Å². The Kier molecular flexibility index (Phi) is 9.16. The summed E-state index contributed by atoms with van der Waals surface area (Å²) >= 11 is 0. The maximum atomic E-state index is 6.27. The SMILES string of the molecule is CCCO[Si](OCCC)(OCCC)C(CC)C1=CC=CC1. The van der Waals surface area contributed by atoms with Crippen molar-refractivity contribution in [1.29, 1.82) is 0 Å². The summed E-state index contributed by atoms with van der Waals surface area (Å²) in [6.07, 6.45) is 11.6. The highest BCUT2D eigenvalue weighted by Crippen LogP contribution is 2.39. The minimum Gasteiger partial charge on any atom is -0.373 e. The Balaban J connectivity index is 2.96. The van der Waals surface area contributed by atoms with E-state index in [9.17, 15) is 0 Å². The van der Waals surface area contributed by atoms with Crippen LogP contribution in [0.3, 0.4) is 0 Å². The molecule has 0 amide bonds. The topological polar surface area (TPSA) is 27.7 Å². The van der Waals surface area contributed by atoms with Gasteiger partial charge in [0.2, 0.25) is 0 Å². The fourth-order valence-corrected chi connectivity index (χ4v) is 6.11. The van der Waals surface area contributed by atoms with Gasteiger partial charge in [-0.15, -0.1) is 0 Å². The predicted octanol–water partition coefficient (Wildman–Crippen LogP) is 4.87. The Morgan fingerprint density at radius 1 is 0.952 bits per heavy atom. The van der Waals surface area contributed by atoms with Crippen molar-refractivity contribution >= 4 is 8.80 Å². The van der Waals surface area contributed by atoms with Crippen molar-refractivity contribution in [1.82, 2.24) is 0 Å². The number of hydrogen-bond donors (Lipinski definition) is 0. The highest BCUT2D eigenvalue weighted by molar-refractivity contribution is 6.63. The van der Waals surface area contributed by atoms with Gasteiger partial charge in [-0.25, -0.2) is 0 Å². The van der Waals surface area contributed by atoms with Gasteiger partial charge in [0, 0.05) is 19.8 Å². The van der Waals surface area contributed by atoms with Crippen LogP contribution in [0.4, 0.5) is 0 Å². The normalized spacial score (nSPS) is 16.3. The standard InChI is InChI=1S/C17H32O3Si/c1-5-13-18-21(19-14-6-2,20-15-7-3)17(8-4)16-11-9-10-12-16/h9-11,17H,5-8,12-15H2,1-4H3. The summed E-state index contributed by atoms with van der Waals surface area (Å²) in [7, 11) is -2.66. The van der Waals surface area contributed by atoms with E-state index in [1.807, 2.05) is 0 Å². The molecule has 0 saturated heterocycles. The monoisotopic (exact) mass is 312 g/mol. The quantitative estimate of drug-likeness (QED) is 0.481. The molecule has 21 heavy (non-hydrogen) atoms. The molecule has 0 aliphatic heterocycles. The largest absolute Gasteiger partial charge is 0.508 e. The first-order chi connectivity index (χ1) is 10.2. The molecule has 0 aromatic heterocycles. The van der Waals surface area contributed by atoms with E-state index in [0.29, 0.717) is 0 Å². The van der Waals surface area contributed by atoms with E-state index >= 15 is 0 Å². The van der Waals surface area contributed by atoms with Gasteiger partial charge in [-0.3, -0.25) is 0 Å². The second kappa shape index (κ2) is 10.3. The fraction of sp³-hybridized carbons (Fsp3) is 0.765. The van der Waals surface area contributed by atoms with Crippen LogP contribution >= 0.6 is 0 Å². The first-order valence-corrected chi connectivity index (χ1v) is 10.3. The van der Waals surface area contributed by atoms with Crippen molar-refractivity contribution in [2.24, 2.45) is 0 Å². The molecule has 0 N–H and O–H groups in total. The van der Waals surface area contributed by atoms with E-state index in [1.54, 1.807) is 0 Å². The number of rotatable bonds is 12. The van der Waals surface area contributed by atoms with Gasteiger partial charge in [0.1, 0.15) is 0 Å². The third-order valence-electron chi connectivity index (χ3n) is 3.60. The third kappa shape index (κ3) is 5.36. The molecule has 0 spiro atoms. The highest BCUT2D eigenvalue weighted by atomic mass is 28.4. The summed E-state index contributed by atoms with van der Waals surface area (Å²) in [5, 5.41) is 0. The molecule has 0 bridgehead atoms. The maximum absolute atomic E-state index is 6.27. The van der Waals surface area contributed by atoms with E-state index in [-0.39, 0.29) is 5.54 Å². The minimum atomic E-state index is -2.66. The molecule has 0 aromatic rings. The van der Waals surface area contributed by atoms with Gasteiger partial charge in [0.15, 0.2) is 0 Å². The first-order valence-electron chi connectivity index (χ1n) is 8.51. The minimum absolute atomic E-state index is 0.289. The average Bonchev–Trinajstić information content (AvgIpc) is 3.03. The maximum Gasteiger partial charge on any atom is 0.508 e. The summed E-state index contributed by atoms with van der Waals surface area (Å²) in [5.41, 5.74) is 1.70. The van der Waals surface area contributed by atoms with Crippen molar-refractivity contribution in [3.8, 4) is 0 Å². The lowest BCUT2D eigenvalue weighted by Gasteiger charge is -2.36. The van der Waals surface area contributed by atoms with Crippen LogP contribution in [0, 0.1) is 0 Å². The molecular formula is C17H32O3Si. The predicted molar refractivity (Wildman–Crippen MR) is 90.4 cm³/mol. The molecule has 1 rings (SSSR count). The van der Waals surface area contributed by atoms with Gasteiger partial charge in [0.05, 0.1) is 5.54 Å². The Morgan fingerprint density at radius 2 is 1.48 bits per heavy atom. The zero-order chi connectivity index (χ0) is 15.6. The third-order valence-corrected chi connectivity index (χ3v) is 7.06. The summed E-state index contributed by atoms with van der Waals surface area (Å²) in [6.45, 7) is 10.8. The van der Waals surface area contributed by atoms with Crippen LogP contribution in [0.2, 0.25) is 5.54 Å². The first kappa shape index (κ1) is 18.6. The van der Waals surface area contributed by atoms with Crippen molar-refractivity contribution < 1.29 is 13.3 Å². The molecule has 3 nitrogen and oxygen atoms in total. The van der Waals surface area contributed by atoms with Crippen LogP contribution in [-0.4, -0.2) is 28.6 Å². The van der Waals surface area contributed by atoms with E-state index in [1.165, 1.54) is 5.57 Å². The Labute approximate surface area is 131 Å². The lowest BCUT2D eigenvalue weighted by atomic mass is 10.1. The fourth-order valence-electron chi connectivity index (χ4n) is 2.62.